The summed E-state index contributed by atoms with van der Waals surface area (Å²) < 4.78 is -0.0285. The van der Waals surface area contributed by atoms with Crippen molar-refractivity contribution in [1.82, 2.24) is 4.90 Å². The van der Waals surface area contributed by atoms with E-state index in [1.54, 1.807) is 0 Å². The fourth-order valence-electron chi connectivity index (χ4n) is 5.35. The number of hydroxylamine groups is 3. The van der Waals surface area contributed by atoms with Crippen molar-refractivity contribution in [1.29, 1.82) is 0 Å². The molecule has 150 valence electrons. The monoisotopic (exact) mass is 388 g/mol. The Morgan fingerprint density at radius 2 is 1.41 bits per heavy atom. The lowest BCUT2D eigenvalue weighted by Crippen LogP contribution is -2.57. The van der Waals surface area contributed by atoms with Crippen LogP contribution in [-0.2, 0) is 0 Å². The minimum atomic E-state index is -0.0285. The van der Waals surface area contributed by atoms with Crippen molar-refractivity contribution < 1.29 is 9.44 Å². The number of benzene rings is 3. The molecule has 5 rings (SSSR count). The zero-order valence-electron chi connectivity index (χ0n) is 16.8. The highest BCUT2D eigenvalue weighted by atomic mass is 16.5. The largest absolute Gasteiger partial charge is 0.633 e. The summed E-state index contributed by atoms with van der Waals surface area (Å²) in [5, 5.41) is 17.4. The van der Waals surface area contributed by atoms with Crippen molar-refractivity contribution in [2.45, 2.75) is 38.1 Å². The zero-order chi connectivity index (χ0) is 19.8. The van der Waals surface area contributed by atoms with Gasteiger partial charge < -0.3 is 14.8 Å². The zero-order valence-corrected chi connectivity index (χ0v) is 16.8. The van der Waals surface area contributed by atoms with Crippen molar-refractivity contribution >= 4 is 27.5 Å². The summed E-state index contributed by atoms with van der Waals surface area (Å²) in [6, 6.07) is 18.6. The van der Waals surface area contributed by atoms with E-state index in [9.17, 15) is 10.0 Å². The molecule has 0 unspecified atom stereocenters. The number of piperidine rings is 2. The molecular weight excluding hydrogens is 360 g/mol. The van der Waals surface area contributed by atoms with Crippen LogP contribution < -0.4 is 0 Å². The molecule has 2 aliphatic rings. The van der Waals surface area contributed by atoms with Gasteiger partial charge in [0.05, 0.1) is 24.7 Å². The maximum atomic E-state index is 13.6. The average molecular weight is 389 g/mol. The van der Waals surface area contributed by atoms with E-state index in [4.69, 9.17) is 0 Å². The van der Waals surface area contributed by atoms with Crippen LogP contribution in [0.25, 0.3) is 21.5 Å². The lowest BCUT2D eigenvalue weighted by molar-refractivity contribution is -0.911. The van der Waals surface area contributed by atoms with Crippen LogP contribution in [0.15, 0.2) is 54.6 Å². The average Bonchev–Trinajstić information content (AvgIpc) is 2.77. The molecule has 1 amide bonds. The first-order valence-electron chi connectivity index (χ1n) is 10.9. The standard InChI is InChI=1S/C25H28N2O2/c28-25(26-14-12-21(13-15-26)27(29)16-6-1-7-17-27)24-22-10-4-2-8-19(22)18-20-9-3-5-11-23(20)24/h2-5,8-11,18,21H,1,6-7,12-17H2. The molecule has 0 saturated carbocycles. The van der Waals surface area contributed by atoms with E-state index in [2.05, 4.69) is 18.2 Å². The Balaban J connectivity index is 1.45. The fourth-order valence-corrected chi connectivity index (χ4v) is 5.35. The molecule has 0 bridgehead atoms. The van der Waals surface area contributed by atoms with E-state index in [0.29, 0.717) is 13.1 Å². The van der Waals surface area contributed by atoms with Crippen LogP contribution in [0.2, 0.25) is 0 Å². The van der Waals surface area contributed by atoms with Gasteiger partial charge >= 0.3 is 0 Å². The lowest BCUT2D eigenvalue weighted by Gasteiger charge is -2.53. The highest BCUT2D eigenvalue weighted by molar-refractivity contribution is 6.18. The molecule has 0 atom stereocenters. The summed E-state index contributed by atoms with van der Waals surface area (Å²) in [5.41, 5.74) is 0.807. The highest BCUT2D eigenvalue weighted by Gasteiger charge is 2.35. The second kappa shape index (κ2) is 7.43. The molecule has 29 heavy (non-hydrogen) atoms. The lowest BCUT2D eigenvalue weighted by atomic mass is 9.94. The highest BCUT2D eigenvalue weighted by Crippen LogP contribution is 2.32. The summed E-state index contributed by atoms with van der Waals surface area (Å²) >= 11 is 0. The topological polar surface area (TPSA) is 43.4 Å². The van der Waals surface area contributed by atoms with Crippen molar-refractivity contribution in [2.75, 3.05) is 26.2 Å². The number of amides is 1. The number of nitrogens with zero attached hydrogens (tertiary/aromatic N) is 2. The summed E-state index contributed by atoms with van der Waals surface area (Å²) in [7, 11) is 0. The number of quaternary nitrogens is 1. The van der Waals surface area contributed by atoms with E-state index in [1.165, 1.54) is 6.42 Å². The molecule has 0 spiro atoms. The van der Waals surface area contributed by atoms with E-state index in [1.807, 2.05) is 41.3 Å². The normalized spacial score (nSPS) is 20.2. The smallest absolute Gasteiger partial charge is 0.255 e. The third-order valence-corrected chi connectivity index (χ3v) is 6.98. The number of fused-ring (bicyclic) bond motifs is 2. The molecular formula is C25H28N2O2. The molecule has 3 aromatic rings. The van der Waals surface area contributed by atoms with Gasteiger partial charge in [-0.05, 0) is 46.9 Å². The minimum Gasteiger partial charge on any atom is -0.633 e. The van der Waals surface area contributed by atoms with Crippen molar-refractivity contribution in [3.8, 4) is 0 Å². The van der Waals surface area contributed by atoms with Gasteiger partial charge in [-0.15, -0.1) is 0 Å². The number of hydrogen-bond acceptors (Lipinski definition) is 2. The first-order chi connectivity index (χ1) is 14.2. The predicted molar refractivity (Wildman–Crippen MR) is 118 cm³/mol. The second-order valence-electron chi connectivity index (χ2n) is 8.68. The number of rotatable bonds is 2. The minimum absolute atomic E-state index is 0.0285. The Bertz CT molecular complexity index is 993. The summed E-state index contributed by atoms with van der Waals surface area (Å²) in [6.45, 7) is 2.88. The van der Waals surface area contributed by atoms with Crippen molar-refractivity contribution in [3.63, 3.8) is 0 Å². The van der Waals surface area contributed by atoms with Crippen molar-refractivity contribution in [3.05, 3.63) is 65.4 Å². The maximum Gasteiger partial charge on any atom is 0.255 e. The van der Waals surface area contributed by atoms with E-state index in [0.717, 1.165) is 65.9 Å². The Labute approximate surface area is 171 Å². The SMILES string of the molecule is O=C(c1c2ccccc2cc2ccccc12)N1CCC([N+]2([O-])CCCCC2)CC1. The predicted octanol–water partition coefficient (Wildman–Crippen LogP) is 5.10. The van der Waals surface area contributed by atoms with Crippen LogP contribution in [0.4, 0.5) is 0 Å². The van der Waals surface area contributed by atoms with E-state index >= 15 is 0 Å². The van der Waals surface area contributed by atoms with E-state index < -0.39 is 0 Å². The molecule has 0 aromatic heterocycles. The van der Waals surface area contributed by atoms with Gasteiger partial charge in [0, 0.05) is 25.9 Å². The quantitative estimate of drug-likeness (QED) is 0.348. The molecule has 2 saturated heterocycles. The Morgan fingerprint density at radius 1 is 0.862 bits per heavy atom. The van der Waals surface area contributed by atoms with Crippen LogP contribution in [0.3, 0.4) is 0 Å². The Kier molecular flexibility index (Phi) is 4.76. The molecule has 2 fully saturated rings. The first-order valence-corrected chi connectivity index (χ1v) is 10.9. The first kappa shape index (κ1) is 18.6. The second-order valence-corrected chi connectivity index (χ2v) is 8.68. The van der Waals surface area contributed by atoms with Gasteiger partial charge in [-0.1, -0.05) is 48.5 Å². The molecule has 3 aromatic carbocycles. The number of hydrogen-bond donors (Lipinski definition) is 0. The van der Waals surface area contributed by atoms with Crippen LogP contribution >= 0.6 is 0 Å². The number of carbonyl (C=O) groups excluding carboxylic acids is 1. The van der Waals surface area contributed by atoms with Crippen LogP contribution in [0, 0.1) is 5.21 Å². The van der Waals surface area contributed by atoms with Gasteiger partial charge in [-0.2, -0.15) is 0 Å². The number of likely N-dealkylation sites (tertiary alicyclic amines) is 2. The summed E-state index contributed by atoms with van der Waals surface area (Å²) in [4.78, 5) is 15.6. The molecule has 0 radical (unpaired) electrons. The molecule has 0 N–H and O–H groups in total. The molecule has 0 aliphatic carbocycles. The van der Waals surface area contributed by atoms with Crippen LogP contribution in [-0.4, -0.2) is 47.7 Å². The van der Waals surface area contributed by atoms with Crippen LogP contribution in [0.1, 0.15) is 42.5 Å². The summed E-state index contributed by atoms with van der Waals surface area (Å²) in [5.74, 6) is 0.104. The molecule has 2 aliphatic heterocycles. The van der Waals surface area contributed by atoms with Gasteiger partial charge in [0.15, 0.2) is 0 Å². The van der Waals surface area contributed by atoms with Gasteiger partial charge in [-0.3, -0.25) is 4.79 Å². The van der Waals surface area contributed by atoms with Gasteiger partial charge in [-0.25, -0.2) is 0 Å². The molecule has 4 nitrogen and oxygen atoms in total. The fraction of sp³-hybridized carbons (Fsp3) is 0.400. The molecule has 4 heteroatoms. The Hall–Kier alpha value is -2.43. The van der Waals surface area contributed by atoms with Gasteiger partial charge in [0.1, 0.15) is 0 Å². The van der Waals surface area contributed by atoms with Crippen LogP contribution in [0.5, 0.6) is 0 Å². The molecule has 2 heterocycles. The number of carbonyl (C=O) groups is 1. The third-order valence-electron chi connectivity index (χ3n) is 6.98. The summed E-state index contributed by atoms with van der Waals surface area (Å²) in [6.07, 6.45) is 4.92. The maximum absolute atomic E-state index is 13.6. The van der Waals surface area contributed by atoms with Gasteiger partial charge in [0.2, 0.25) is 0 Å². The third kappa shape index (κ3) is 3.30. The van der Waals surface area contributed by atoms with E-state index in [-0.39, 0.29) is 16.6 Å². The van der Waals surface area contributed by atoms with Gasteiger partial charge in [0.25, 0.3) is 5.91 Å². The Morgan fingerprint density at radius 3 is 2.00 bits per heavy atom. The van der Waals surface area contributed by atoms with Crippen molar-refractivity contribution in [2.24, 2.45) is 0 Å².